The van der Waals surface area contributed by atoms with Crippen LogP contribution in [0.25, 0.3) is 0 Å². The first-order chi connectivity index (χ1) is 11.1. The zero-order chi connectivity index (χ0) is 18.1. The standard InChI is InChI=1S/C17H29N5O/c1-10-6-7-12(8-11(10)2)20-15-13(14(18)23)9-19-16(21-15)22-17(3,4)5/h9-12H,6-8H2,1-5H3,(H2,18,23)(H2,19,20,21,22)/t10-,11-,12-/m1/s1/i9D. The van der Waals surface area contributed by atoms with Crippen LogP contribution in [0.1, 0.15) is 65.6 Å². The molecule has 4 N–H and O–H groups in total. The number of aromatic nitrogens is 2. The van der Waals surface area contributed by atoms with Crippen LogP contribution in [0.3, 0.4) is 0 Å². The summed E-state index contributed by atoms with van der Waals surface area (Å²) in [6.45, 7) is 10.5. The lowest BCUT2D eigenvalue weighted by molar-refractivity contribution is 0.0998. The minimum Gasteiger partial charge on any atom is -0.365 e. The Labute approximate surface area is 139 Å². The Morgan fingerprint density at radius 1 is 1.43 bits per heavy atom. The molecule has 6 heteroatoms. The summed E-state index contributed by atoms with van der Waals surface area (Å²) >= 11 is 0. The molecule has 1 saturated carbocycles. The van der Waals surface area contributed by atoms with Crippen molar-refractivity contribution in [3.63, 3.8) is 0 Å². The van der Waals surface area contributed by atoms with E-state index in [2.05, 4.69) is 29.1 Å². The molecule has 0 spiro atoms. The first-order valence-corrected chi connectivity index (χ1v) is 8.29. The largest absolute Gasteiger partial charge is 0.365 e. The number of H-pyrrole nitrogens is 1. The molecule has 1 aromatic heterocycles. The number of primary amides is 1. The van der Waals surface area contributed by atoms with Crippen molar-refractivity contribution in [2.75, 3.05) is 5.32 Å². The smallest absolute Gasteiger partial charge is 0.254 e. The number of nitrogens with two attached hydrogens (primary N) is 1. The van der Waals surface area contributed by atoms with E-state index in [0.29, 0.717) is 23.3 Å². The van der Waals surface area contributed by atoms with Crippen molar-refractivity contribution in [2.24, 2.45) is 22.6 Å². The van der Waals surface area contributed by atoms with Crippen molar-refractivity contribution in [3.8, 4) is 0 Å². The summed E-state index contributed by atoms with van der Waals surface area (Å²) in [7, 11) is 0. The molecule has 23 heavy (non-hydrogen) atoms. The fourth-order valence-electron chi connectivity index (χ4n) is 2.87. The molecule has 3 atom stereocenters. The fourth-order valence-corrected chi connectivity index (χ4v) is 2.87. The Morgan fingerprint density at radius 3 is 2.70 bits per heavy atom. The maximum Gasteiger partial charge on any atom is 0.254 e. The van der Waals surface area contributed by atoms with Crippen LogP contribution in [-0.2, 0) is 0 Å². The molecule has 0 radical (unpaired) electrons. The summed E-state index contributed by atoms with van der Waals surface area (Å²) in [6, 6.07) is 0.134. The number of nitrogens with one attached hydrogen (secondary N) is 2. The average molecular weight is 320 g/mol. The van der Waals surface area contributed by atoms with E-state index in [9.17, 15) is 4.79 Å². The Balaban J connectivity index is 2.45. The monoisotopic (exact) mass is 320 g/mol. The summed E-state index contributed by atoms with van der Waals surface area (Å²) in [6.07, 6.45) is 2.93. The van der Waals surface area contributed by atoms with Crippen molar-refractivity contribution >= 4 is 11.9 Å². The topological polar surface area (TPSA) is 96.2 Å². The van der Waals surface area contributed by atoms with Crippen LogP contribution >= 0.6 is 0 Å². The van der Waals surface area contributed by atoms with Crippen molar-refractivity contribution in [3.05, 3.63) is 17.2 Å². The van der Waals surface area contributed by atoms with Gasteiger partial charge in [0.05, 0.1) is 13.0 Å². The molecule has 0 saturated heterocycles. The highest BCUT2D eigenvalue weighted by Gasteiger charge is 2.24. The first-order valence-electron chi connectivity index (χ1n) is 8.79. The molecule has 0 aromatic carbocycles. The van der Waals surface area contributed by atoms with Crippen LogP contribution in [-0.4, -0.2) is 27.5 Å². The zero-order valence-electron chi connectivity index (χ0n) is 15.7. The van der Waals surface area contributed by atoms with Gasteiger partial charge in [0.1, 0.15) is 5.49 Å². The highest BCUT2D eigenvalue weighted by Crippen LogP contribution is 2.30. The number of rotatable bonds is 3. The lowest BCUT2D eigenvalue weighted by Crippen LogP contribution is -2.33. The molecule has 0 aliphatic heterocycles. The minimum atomic E-state index is -0.679. The normalized spacial score (nSPS) is 26.7. The third kappa shape index (κ3) is 4.81. The van der Waals surface area contributed by atoms with E-state index in [4.69, 9.17) is 12.1 Å². The van der Waals surface area contributed by atoms with E-state index in [1.807, 2.05) is 20.8 Å². The average Bonchev–Trinajstić information content (AvgIpc) is 2.40. The van der Waals surface area contributed by atoms with Crippen molar-refractivity contribution < 1.29 is 6.17 Å². The van der Waals surface area contributed by atoms with Crippen LogP contribution < -0.4 is 16.5 Å². The number of aromatic amines is 1. The molecule has 0 unspecified atom stereocenters. The third-order valence-corrected chi connectivity index (χ3v) is 4.38. The minimum absolute atomic E-state index is 0.0562. The number of hydrogen-bond donors (Lipinski definition) is 3. The van der Waals surface area contributed by atoms with E-state index in [0.717, 1.165) is 19.3 Å². The third-order valence-electron chi connectivity index (χ3n) is 4.38. The summed E-state index contributed by atoms with van der Waals surface area (Å²) in [5.74, 6) is 1.03. The maximum absolute atomic E-state index is 11.8. The second kappa shape index (κ2) is 6.72. The fraction of sp³-hybridized carbons (Fsp3) is 0.706. The summed E-state index contributed by atoms with van der Waals surface area (Å²) < 4.78 is 8.05. The van der Waals surface area contributed by atoms with Crippen LogP contribution in [0.5, 0.6) is 0 Å². The molecule has 1 fully saturated rings. The van der Waals surface area contributed by atoms with Gasteiger partial charge in [-0.1, -0.05) is 13.8 Å². The summed E-state index contributed by atoms with van der Waals surface area (Å²) in [5.41, 5.74) is 5.64. The van der Waals surface area contributed by atoms with E-state index in [1.165, 1.54) is 0 Å². The van der Waals surface area contributed by atoms with Crippen LogP contribution in [0.4, 0.5) is 5.95 Å². The number of amides is 1. The molecule has 6 nitrogen and oxygen atoms in total. The number of anilines is 1. The van der Waals surface area contributed by atoms with Gasteiger partial charge < -0.3 is 16.0 Å². The Hall–Kier alpha value is -1.85. The molecule has 2 rings (SSSR count). The summed E-state index contributed by atoms with van der Waals surface area (Å²) in [4.78, 5) is 23.6. The van der Waals surface area contributed by atoms with Gasteiger partial charge in [-0.25, -0.2) is 4.98 Å². The van der Waals surface area contributed by atoms with Crippen LogP contribution in [0, 0.1) is 11.8 Å². The van der Waals surface area contributed by atoms with Gasteiger partial charge in [0, 0.05) is 11.7 Å². The molecular weight excluding hydrogens is 290 g/mol. The van der Waals surface area contributed by atoms with Crippen LogP contribution in [0.15, 0.2) is 11.2 Å². The van der Waals surface area contributed by atoms with Gasteiger partial charge in [0.25, 0.3) is 5.91 Å². The van der Waals surface area contributed by atoms with Gasteiger partial charge in [-0.15, -0.1) is 0 Å². The highest BCUT2D eigenvalue weighted by atomic mass is 16.1. The molecule has 1 amide bonds. The summed E-state index contributed by atoms with van der Waals surface area (Å²) in [5, 5.41) is 3.18. The molecule has 1 heterocycles. The van der Waals surface area contributed by atoms with E-state index in [1.54, 1.807) is 0 Å². The molecule has 0 bridgehead atoms. The van der Waals surface area contributed by atoms with Gasteiger partial charge in [-0.05, 0) is 51.9 Å². The van der Waals surface area contributed by atoms with Crippen LogP contribution in [0.2, 0.25) is 0 Å². The van der Waals surface area contributed by atoms with Gasteiger partial charge in [-0.3, -0.25) is 9.79 Å². The van der Waals surface area contributed by atoms with Gasteiger partial charge in [-0.2, -0.15) is 0 Å². The highest BCUT2D eigenvalue weighted by molar-refractivity contribution is 5.92. The van der Waals surface area contributed by atoms with Crippen molar-refractivity contribution in [2.45, 2.75) is 65.5 Å². The zero-order valence-corrected chi connectivity index (χ0v) is 14.7. The first kappa shape index (κ1) is 16.0. The number of carbonyl (C=O) groups excluding carboxylic acids is 1. The predicted molar refractivity (Wildman–Crippen MR) is 92.0 cm³/mol. The van der Waals surface area contributed by atoms with E-state index in [-0.39, 0.29) is 23.3 Å². The van der Waals surface area contributed by atoms with E-state index >= 15 is 0 Å². The Kier molecular flexibility index (Phi) is 4.68. The predicted octanol–water partition coefficient (Wildman–Crippen LogP) is 2.44. The molecule has 128 valence electrons. The number of hydrogen-bond acceptors (Lipinski definition) is 4. The van der Waals surface area contributed by atoms with Gasteiger partial charge >= 0.3 is 0 Å². The van der Waals surface area contributed by atoms with E-state index < -0.39 is 5.91 Å². The lowest BCUT2D eigenvalue weighted by Gasteiger charge is -2.29. The number of carbonyl (C=O) groups is 1. The maximum atomic E-state index is 11.8. The Bertz CT molecular complexity index is 677. The Morgan fingerprint density at radius 2 is 2.13 bits per heavy atom. The second-order valence-corrected chi connectivity index (χ2v) is 7.71. The lowest BCUT2D eigenvalue weighted by atomic mass is 9.79. The SMILES string of the molecule is [2H]c1nc(NC(C)(C)C)[nH]c(=N[C@@H]2CC[C@@H](C)[C@H](C)C2)c1C(N)=O. The molecule has 1 aliphatic carbocycles. The van der Waals surface area contributed by atoms with Gasteiger partial charge in [0.2, 0.25) is 5.95 Å². The molecule has 1 aliphatic rings. The van der Waals surface area contributed by atoms with Crippen molar-refractivity contribution in [1.82, 2.24) is 9.97 Å². The molecule has 1 aromatic rings. The molecular formula is C17H29N5O. The van der Waals surface area contributed by atoms with Gasteiger partial charge in [0.15, 0.2) is 0 Å². The second-order valence-electron chi connectivity index (χ2n) is 7.71. The number of nitrogens with zero attached hydrogens (tertiary/aromatic N) is 2. The quantitative estimate of drug-likeness (QED) is 0.798. The van der Waals surface area contributed by atoms with Crippen molar-refractivity contribution in [1.29, 1.82) is 0 Å².